The largest absolute Gasteiger partial charge is 0.476 e. The van der Waals surface area contributed by atoms with E-state index in [1.54, 1.807) is 12.3 Å². The van der Waals surface area contributed by atoms with Crippen molar-refractivity contribution < 1.29 is 4.74 Å². The fraction of sp³-hybridized carbons (Fsp3) is 0.273. The van der Waals surface area contributed by atoms with Crippen molar-refractivity contribution in [1.82, 2.24) is 15.2 Å². The molecule has 0 saturated heterocycles. The van der Waals surface area contributed by atoms with Crippen LogP contribution >= 0.6 is 0 Å². The molecule has 2 rings (SSSR count). The maximum absolute atomic E-state index is 5.74. The van der Waals surface area contributed by atoms with Gasteiger partial charge in [0.25, 0.3) is 0 Å². The van der Waals surface area contributed by atoms with Gasteiger partial charge in [-0.2, -0.15) is 10.1 Å². The van der Waals surface area contributed by atoms with Gasteiger partial charge in [0, 0.05) is 18.3 Å². The lowest BCUT2D eigenvalue weighted by atomic mass is 10.3. The number of aromatic nitrogens is 3. The highest BCUT2D eigenvalue weighted by atomic mass is 16.5. The molecule has 0 saturated carbocycles. The predicted octanol–water partition coefficient (Wildman–Crippen LogP) is 1.40. The Morgan fingerprint density at radius 1 is 1.47 bits per heavy atom. The Kier molecular flexibility index (Phi) is 3.44. The van der Waals surface area contributed by atoms with Crippen LogP contribution in [0.3, 0.4) is 0 Å². The lowest BCUT2D eigenvalue weighted by Gasteiger charge is -2.09. The summed E-state index contributed by atoms with van der Waals surface area (Å²) in [5.41, 5.74) is 7.34. The van der Waals surface area contributed by atoms with Gasteiger partial charge in [-0.05, 0) is 19.1 Å². The molecule has 0 radical (unpaired) electrons. The molecule has 0 fully saturated rings. The molecule has 2 aromatic heterocycles. The molecule has 0 aliphatic heterocycles. The highest BCUT2D eigenvalue weighted by Gasteiger charge is 2.03. The van der Waals surface area contributed by atoms with E-state index in [9.17, 15) is 0 Å². The summed E-state index contributed by atoms with van der Waals surface area (Å²) in [7, 11) is 0. The van der Waals surface area contributed by atoms with Crippen LogP contribution in [0.1, 0.15) is 12.5 Å². The number of nitrogens with one attached hydrogen (secondary N) is 2. The number of nitrogens with two attached hydrogens (primary N) is 1. The molecule has 17 heavy (non-hydrogen) atoms. The molecule has 2 heterocycles. The van der Waals surface area contributed by atoms with E-state index in [2.05, 4.69) is 20.5 Å². The number of hydrogen-bond donors (Lipinski definition) is 3. The topological polar surface area (TPSA) is 88.8 Å². The van der Waals surface area contributed by atoms with E-state index >= 15 is 0 Å². The highest BCUT2D eigenvalue weighted by Crippen LogP contribution is 2.20. The normalized spacial score (nSPS) is 10.2. The van der Waals surface area contributed by atoms with E-state index in [1.165, 1.54) is 0 Å². The van der Waals surface area contributed by atoms with Crippen LogP contribution in [0.5, 0.6) is 5.88 Å². The minimum atomic E-state index is 0.463. The molecule has 4 N–H and O–H groups in total. The van der Waals surface area contributed by atoms with Gasteiger partial charge in [0.1, 0.15) is 5.82 Å². The summed E-state index contributed by atoms with van der Waals surface area (Å²) in [4.78, 5) is 4.27. The second-order valence-corrected chi connectivity index (χ2v) is 3.48. The molecule has 0 bridgehead atoms. The first-order valence-corrected chi connectivity index (χ1v) is 5.40. The van der Waals surface area contributed by atoms with Crippen LogP contribution in [0.25, 0.3) is 0 Å². The highest BCUT2D eigenvalue weighted by molar-refractivity contribution is 5.53. The molecule has 90 valence electrons. The number of anilines is 2. The van der Waals surface area contributed by atoms with Gasteiger partial charge in [0.15, 0.2) is 0 Å². The third-order valence-electron chi connectivity index (χ3n) is 2.20. The van der Waals surface area contributed by atoms with E-state index in [0.29, 0.717) is 24.7 Å². The third kappa shape index (κ3) is 2.87. The summed E-state index contributed by atoms with van der Waals surface area (Å²) in [5.74, 6) is 1.19. The van der Waals surface area contributed by atoms with Crippen LogP contribution < -0.4 is 15.8 Å². The molecule has 0 atom stereocenters. The van der Waals surface area contributed by atoms with Crippen LogP contribution in [0.2, 0.25) is 0 Å². The van der Waals surface area contributed by atoms with E-state index in [0.717, 1.165) is 11.4 Å². The molecule has 0 aliphatic rings. The minimum Gasteiger partial charge on any atom is -0.476 e. The minimum absolute atomic E-state index is 0.463. The van der Waals surface area contributed by atoms with Crippen LogP contribution in [0.4, 0.5) is 11.5 Å². The quantitative estimate of drug-likeness (QED) is 0.726. The smallest absolute Gasteiger partial charge is 0.239 e. The summed E-state index contributed by atoms with van der Waals surface area (Å²) in [6, 6.07) is 3.59. The number of pyridine rings is 1. The Labute approximate surface area is 99.2 Å². The first-order chi connectivity index (χ1) is 8.29. The average molecular weight is 233 g/mol. The first-order valence-electron chi connectivity index (χ1n) is 5.40. The molecule has 0 aromatic carbocycles. The van der Waals surface area contributed by atoms with Crippen molar-refractivity contribution in [3.8, 4) is 5.88 Å². The number of hydrogen-bond acceptors (Lipinski definition) is 5. The predicted molar refractivity (Wildman–Crippen MR) is 65.7 cm³/mol. The van der Waals surface area contributed by atoms with Crippen molar-refractivity contribution in [3.63, 3.8) is 0 Å². The Hall–Kier alpha value is -2.24. The van der Waals surface area contributed by atoms with Gasteiger partial charge in [-0.15, -0.1) is 0 Å². The number of ether oxygens (including phenoxy) is 1. The zero-order valence-corrected chi connectivity index (χ0v) is 9.60. The summed E-state index contributed by atoms with van der Waals surface area (Å²) in [6.07, 6.45) is 3.58. The molecule has 6 nitrogen and oxygen atoms in total. The lowest BCUT2D eigenvalue weighted by Crippen LogP contribution is -2.04. The molecule has 0 aliphatic carbocycles. The molecular formula is C11H15N5O. The van der Waals surface area contributed by atoms with Crippen LogP contribution in [0.15, 0.2) is 24.5 Å². The number of nitrogens with zero attached hydrogens (tertiary/aromatic N) is 2. The second kappa shape index (κ2) is 5.20. The molecule has 0 amide bonds. The van der Waals surface area contributed by atoms with Crippen molar-refractivity contribution in [2.75, 3.05) is 17.7 Å². The lowest BCUT2D eigenvalue weighted by molar-refractivity contribution is 0.329. The van der Waals surface area contributed by atoms with Gasteiger partial charge in [0.2, 0.25) is 5.88 Å². The van der Waals surface area contributed by atoms with Gasteiger partial charge in [-0.25, -0.2) is 0 Å². The van der Waals surface area contributed by atoms with Gasteiger partial charge in [-0.1, -0.05) is 0 Å². The Morgan fingerprint density at radius 3 is 3.06 bits per heavy atom. The fourth-order valence-corrected chi connectivity index (χ4v) is 1.37. The van der Waals surface area contributed by atoms with E-state index < -0.39 is 0 Å². The van der Waals surface area contributed by atoms with E-state index in [1.807, 2.05) is 19.2 Å². The van der Waals surface area contributed by atoms with Gasteiger partial charge < -0.3 is 15.8 Å². The van der Waals surface area contributed by atoms with E-state index in [4.69, 9.17) is 10.5 Å². The zero-order valence-electron chi connectivity index (χ0n) is 9.60. The third-order valence-corrected chi connectivity index (χ3v) is 2.20. The summed E-state index contributed by atoms with van der Waals surface area (Å²) in [6.45, 7) is 3.09. The second-order valence-electron chi connectivity index (χ2n) is 3.48. The standard InChI is InChI=1S/C11H15N5O/c1-2-17-11-9(12)3-4-10(16-11)13-5-8-6-14-15-7-8/h3-4,6-7H,2,5,12H2,1H3,(H,13,16)(H,14,15). The summed E-state index contributed by atoms with van der Waals surface area (Å²) < 4.78 is 5.32. The molecule has 0 spiro atoms. The maximum atomic E-state index is 5.74. The number of H-pyrrole nitrogens is 1. The number of aromatic amines is 1. The Bertz CT molecular complexity index is 469. The Morgan fingerprint density at radius 2 is 2.35 bits per heavy atom. The van der Waals surface area contributed by atoms with Gasteiger partial charge in [-0.3, -0.25) is 5.10 Å². The van der Waals surface area contributed by atoms with Crippen molar-refractivity contribution in [2.45, 2.75) is 13.5 Å². The Balaban J connectivity index is 2.03. The molecule has 0 unspecified atom stereocenters. The number of nitrogen functional groups attached to an aromatic ring is 1. The zero-order chi connectivity index (χ0) is 12.1. The fourth-order valence-electron chi connectivity index (χ4n) is 1.37. The summed E-state index contributed by atoms with van der Waals surface area (Å²) >= 11 is 0. The van der Waals surface area contributed by atoms with Gasteiger partial charge >= 0.3 is 0 Å². The molecular weight excluding hydrogens is 218 g/mol. The van der Waals surface area contributed by atoms with Crippen molar-refractivity contribution in [2.24, 2.45) is 0 Å². The maximum Gasteiger partial charge on any atom is 0.239 e. The average Bonchev–Trinajstić information content (AvgIpc) is 2.83. The van der Waals surface area contributed by atoms with Crippen molar-refractivity contribution >= 4 is 11.5 Å². The number of rotatable bonds is 5. The van der Waals surface area contributed by atoms with Crippen LogP contribution in [0, 0.1) is 0 Å². The van der Waals surface area contributed by atoms with Gasteiger partial charge in [0.05, 0.1) is 18.5 Å². The summed E-state index contributed by atoms with van der Waals surface area (Å²) in [5, 5.41) is 9.78. The van der Waals surface area contributed by atoms with Crippen LogP contribution in [-0.4, -0.2) is 21.8 Å². The molecule has 2 aromatic rings. The first kappa shape index (κ1) is 11.3. The van der Waals surface area contributed by atoms with E-state index in [-0.39, 0.29) is 0 Å². The SMILES string of the molecule is CCOc1nc(NCc2cn[nH]c2)ccc1N. The van der Waals surface area contributed by atoms with Crippen LogP contribution in [-0.2, 0) is 6.54 Å². The monoisotopic (exact) mass is 233 g/mol. The molecule has 6 heteroatoms. The van der Waals surface area contributed by atoms with Crippen molar-refractivity contribution in [3.05, 3.63) is 30.1 Å². The van der Waals surface area contributed by atoms with Crippen molar-refractivity contribution in [1.29, 1.82) is 0 Å².